The zero-order valence-electron chi connectivity index (χ0n) is 5.56. The van der Waals surface area contributed by atoms with Gasteiger partial charge in [-0.1, -0.05) is 0 Å². The minimum absolute atomic E-state index is 0. The van der Waals surface area contributed by atoms with Crippen molar-refractivity contribution >= 4 is 12.4 Å². The van der Waals surface area contributed by atoms with Gasteiger partial charge in [0.2, 0.25) is 0 Å². The number of hydrogen-bond donors (Lipinski definition) is 1. The molecule has 0 saturated carbocycles. The molecular weight excluding hydrogens is 141 g/mol. The van der Waals surface area contributed by atoms with E-state index in [2.05, 4.69) is 5.32 Å². The SMILES string of the molecule is C[C@H]1CC(F)CCN1.Cl. The molecule has 9 heavy (non-hydrogen) atoms. The van der Waals surface area contributed by atoms with Crippen LogP contribution in [0.2, 0.25) is 0 Å². The summed E-state index contributed by atoms with van der Waals surface area (Å²) >= 11 is 0. The van der Waals surface area contributed by atoms with E-state index in [1.807, 2.05) is 6.92 Å². The first-order chi connectivity index (χ1) is 3.79. The Labute approximate surface area is 61.4 Å². The molecule has 0 aliphatic carbocycles. The Morgan fingerprint density at radius 3 is 2.56 bits per heavy atom. The van der Waals surface area contributed by atoms with Crippen molar-refractivity contribution in [3.8, 4) is 0 Å². The van der Waals surface area contributed by atoms with Crippen molar-refractivity contribution in [2.75, 3.05) is 6.54 Å². The van der Waals surface area contributed by atoms with Gasteiger partial charge in [-0.3, -0.25) is 0 Å². The first kappa shape index (κ1) is 9.18. The molecule has 1 aliphatic rings. The van der Waals surface area contributed by atoms with Crippen LogP contribution >= 0.6 is 12.4 Å². The van der Waals surface area contributed by atoms with E-state index in [-0.39, 0.29) is 12.4 Å². The second-order valence-electron chi connectivity index (χ2n) is 2.48. The smallest absolute Gasteiger partial charge is 0.103 e. The third-order valence-electron chi connectivity index (χ3n) is 1.56. The Morgan fingerprint density at radius 2 is 2.22 bits per heavy atom. The van der Waals surface area contributed by atoms with Crippen LogP contribution in [0, 0.1) is 0 Å². The van der Waals surface area contributed by atoms with E-state index < -0.39 is 6.17 Å². The maximum atomic E-state index is 12.4. The van der Waals surface area contributed by atoms with Gasteiger partial charge in [-0.25, -0.2) is 4.39 Å². The van der Waals surface area contributed by atoms with Crippen LogP contribution in [0.1, 0.15) is 19.8 Å². The van der Waals surface area contributed by atoms with Crippen molar-refractivity contribution in [3.05, 3.63) is 0 Å². The zero-order valence-corrected chi connectivity index (χ0v) is 6.38. The minimum Gasteiger partial charge on any atom is -0.314 e. The van der Waals surface area contributed by atoms with Gasteiger partial charge in [-0.2, -0.15) is 0 Å². The van der Waals surface area contributed by atoms with Gasteiger partial charge < -0.3 is 5.32 Å². The first-order valence-electron chi connectivity index (χ1n) is 3.16. The third kappa shape index (κ3) is 3.01. The second-order valence-corrected chi connectivity index (χ2v) is 2.48. The number of piperidine rings is 1. The lowest BCUT2D eigenvalue weighted by Crippen LogP contribution is -2.36. The lowest BCUT2D eigenvalue weighted by molar-refractivity contribution is 0.230. The Morgan fingerprint density at radius 1 is 1.56 bits per heavy atom. The van der Waals surface area contributed by atoms with Crippen molar-refractivity contribution in [3.63, 3.8) is 0 Å². The van der Waals surface area contributed by atoms with E-state index in [0.29, 0.717) is 18.9 Å². The number of hydrogen-bond acceptors (Lipinski definition) is 1. The summed E-state index contributed by atoms with van der Waals surface area (Å²) in [6, 6.07) is 0.388. The Bertz CT molecular complexity index is 71.5. The molecule has 1 rings (SSSR count). The quantitative estimate of drug-likeness (QED) is 0.557. The third-order valence-corrected chi connectivity index (χ3v) is 1.56. The van der Waals surface area contributed by atoms with Gasteiger partial charge in [-0.15, -0.1) is 12.4 Å². The average Bonchev–Trinajstić information content (AvgIpc) is 1.64. The fourth-order valence-corrected chi connectivity index (χ4v) is 1.07. The number of alkyl halides is 1. The molecule has 0 bridgehead atoms. The molecule has 1 nitrogen and oxygen atoms in total. The van der Waals surface area contributed by atoms with E-state index in [1.54, 1.807) is 0 Å². The molecule has 1 fully saturated rings. The molecule has 56 valence electrons. The largest absolute Gasteiger partial charge is 0.314 e. The highest BCUT2D eigenvalue weighted by Crippen LogP contribution is 2.10. The highest BCUT2D eigenvalue weighted by molar-refractivity contribution is 5.85. The van der Waals surface area contributed by atoms with Crippen LogP contribution in [-0.4, -0.2) is 18.8 Å². The molecule has 1 heterocycles. The van der Waals surface area contributed by atoms with Crippen molar-refractivity contribution in [1.29, 1.82) is 0 Å². The molecule has 0 amide bonds. The summed E-state index contributed by atoms with van der Waals surface area (Å²) in [6.07, 6.45) is 0.843. The summed E-state index contributed by atoms with van der Waals surface area (Å²) < 4.78 is 12.4. The molecule has 0 aromatic heterocycles. The highest BCUT2D eigenvalue weighted by atomic mass is 35.5. The van der Waals surface area contributed by atoms with Crippen molar-refractivity contribution in [1.82, 2.24) is 5.32 Å². The monoisotopic (exact) mass is 153 g/mol. The van der Waals surface area contributed by atoms with Crippen LogP contribution < -0.4 is 5.32 Å². The molecule has 3 heteroatoms. The van der Waals surface area contributed by atoms with Gasteiger partial charge in [0.25, 0.3) is 0 Å². The van der Waals surface area contributed by atoms with E-state index in [4.69, 9.17) is 0 Å². The Kier molecular flexibility index (Phi) is 4.15. The fourth-order valence-electron chi connectivity index (χ4n) is 1.07. The maximum Gasteiger partial charge on any atom is 0.103 e. The lowest BCUT2D eigenvalue weighted by Gasteiger charge is -2.22. The van der Waals surface area contributed by atoms with Crippen LogP contribution in [0.3, 0.4) is 0 Å². The van der Waals surface area contributed by atoms with Gasteiger partial charge in [0.05, 0.1) is 0 Å². The van der Waals surface area contributed by atoms with Gasteiger partial charge in [0.1, 0.15) is 6.17 Å². The van der Waals surface area contributed by atoms with E-state index in [1.165, 1.54) is 0 Å². The number of rotatable bonds is 0. The zero-order chi connectivity index (χ0) is 5.98. The highest BCUT2D eigenvalue weighted by Gasteiger charge is 2.15. The van der Waals surface area contributed by atoms with Crippen LogP contribution in [-0.2, 0) is 0 Å². The molecule has 0 aromatic rings. The fraction of sp³-hybridized carbons (Fsp3) is 1.00. The normalized spacial score (nSPS) is 35.3. The standard InChI is InChI=1S/C6H12FN.ClH/c1-5-4-6(7)2-3-8-5;/h5-6,8H,2-4H2,1H3;1H/t5-,6?;/m0./s1. The summed E-state index contributed by atoms with van der Waals surface area (Å²) in [5.41, 5.74) is 0. The van der Waals surface area contributed by atoms with Crippen molar-refractivity contribution in [2.45, 2.75) is 32.0 Å². The topological polar surface area (TPSA) is 12.0 Å². The van der Waals surface area contributed by atoms with E-state index in [0.717, 1.165) is 6.54 Å². The Hall–Kier alpha value is 0.180. The maximum absolute atomic E-state index is 12.4. The summed E-state index contributed by atoms with van der Waals surface area (Å²) in [5.74, 6) is 0. The predicted molar refractivity (Wildman–Crippen MR) is 38.8 cm³/mol. The number of nitrogens with one attached hydrogen (secondary N) is 1. The van der Waals surface area contributed by atoms with E-state index in [9.17, 15) is 4.39 Å². The lowest BCUT2D eigenvalue weighted by atomic mass is 10.1. The number of halogens is 2. The van der Waals surface area contributed by atoms with Crippen molar-refractivity contribution in [2.24, 2.45) is 0 Å². The van der Waals surface area contributed by atoms with Gasteiger partial charge in [0.15, 0.2) is 0 Å². The molecule has 1 unspecified atom stereocenters. The van der Waals surface area contributed by atoms with Gasteiger partial charge >= 0.3 is 0 Å². The summed E-state index contributed by atoms with van der Waals surface area (Å²) in [7, 11) is 0. The molecule has 0 spiro atoms. The van der Waals surface area contributed by atoms with Gasteiger partial charge in [-0.05, 0) is 26.3 Å². The van der Waals surface area contributed by atoms with Gasteiger partial charge in [0, 0.05) is 6.04 Å². The summed E-state index contributed by atoms with van der Waals surface area (Å²) in [4.78, 5) is 0. The molecule has 1 aliphatic heterocycles. The van der Waals surface area contributed by atoms with Crippen LogP contribution in [0.25, 0.3) is 0 Å². The minimum atomic E-state index is -0.550. The molecule has 2 atom stereocenters. The molecule has 0 aromatic carbocycles. The average molecular weight is 154 g/mol. The molecule has 1 saturated heterocycles. The first-order valence-corrected chi connectivity index (χ1v) is 3.16. The van der Waals surface area contributed by atoms with Crippen LogP contribution in [0.5, 0.6) is 0 Å². The Balaban J connectivity index is 0.000000640. The van der Waals surface area contributed by atoms with Crippen molar-refractivity contribution < 1.29 is 4.39 Å². The van der Waals surface area contributed by atoms with Crippen LogP contribution in [0.15, 0.2) is 0 Å². The molecule has 0 radical (unpaired) electrons. The molecular formula is C6H13ClFN. The predicted octanol–water partition coefficient (Wildman–Crippen LogP) is 1.52. The summed E-state index contributed by atoms with van der Waals surface area (Å²) in [6.45, 7) is 2.87. The van der Waals surface area contributed by atoms with E-state index >= 15 is 0 Å². The summed E-state index contributed by atoms with van der Waals surface area (Å²) in [5, 5.41) is 3.17. The second kappa shape index (κ2) is 4.07. The van der Waals surface area contributed by atoms with Crippen LogP contribution in [0.4, 0.5) is 4.39 Å². The molecule has 1 N–H and O–H groups in total.